The molecule has 0 fully saturated rings. The number of carbonyl (C=O) groups is 1. The molecule has 0 aromatic heterocycles. The molecule has 1 aromatic rings. The zero-order chi connectivity index (χ0) is 11.4. The van der Waals surface area contributed by atoms with Gasteiger partial charge in [0.2, 0.25) is 0 Å². The van der Waals surface area contributed by atoms with Crippen molar-refractivity contribution in [2.75, 3.05) is 14.1 Å². The van der Waals surface area contributed by atoms with E-state index in [4.69, 9.17) is 16.9 Å². The van der Waals surface area contributed by atoms with Crippen LogP contribution in [0.1, 0.15) is 5.56 Å². The Hall–Kier alpha value is -1.18. The molecule has 0 atom stereocenters. The van der Waals surface area contributed by atoms with Gasteiger partial charge in [-0.25, -0.2) is 0 Å². The molecule has 78 valence electrons. The van der Waals surface area contributed by atoms with E-state index in [1.807, 2.05) is 6.07 Å². The van der Waals surface area contributed by atoms with Gasteiger partial charge in [0.05, 0.1) is 11.6 Å². The summed E-state index contributed by atoms with van der Waals surface area (Å²) in [7, 11) is 3.34. The summed E-state index contributed by atoms with van der Waals surface area (Å²) in [5.74, 6) is 0. The van der Waals surface area contributed by atoms with Crippen LogP contribution >= 0.6 is 23.4 Å². The quantitative estimate of drug-likeness (QED) is 0.709. The van der Waals surface area contributed by atoms with Gasteiger partial charge in [-0.2, -0.15) is 5.26 Å². The number of thioether (sulfide) groups is 1. The third-order valence-electron chi connectivity index (χ3n) is 1.57. The number of rotatable bonds is 1. The van der Waals surface area contributed by atoms with Crippen molar-refractivity contribution in [3.05, 3.63) is 28.8 Å². The van der Waals surface area contributed by atoms with Gasteiger partial charge in [-0.05, 0) is 30.0 Å². The van der Waals surface area contributed by atoms with Crippen LogP contribution in [0.15, 0.2) is 23.1 Å². The summed E-state index contributed by atoms with van der Waals surface area (Å²) in [5.41, 5.74) is 0.455. The summed E-state index contributed by atoms with van der Waals surface area (Å²) in [6.07, 6.45) is 0. The maximum Gasteiger partial charge on any atom is 0.285 e. The summed E-state index contributed by atoms with van der Waals surface area (Å²) in [6.45, 7) is 0. The minimum atomic E-state index is -0.0962. The van der Waals surface area contributed by atoms with Crippen molar-refractivity contribution in [1.82, 2.24) is 4.90 Å². The Labute approximate surface area is 97.6 Å². The molecule has 0 saturated heterocycles. The van der Waals surface area contributed by atoms with Crippen LogP contribution in [-0.4, -0.2) is 24.2 Å². The second kappa shape index (κ2) is 5.06. The second-order valence-corrected chi connectivity index (χ2v) is 4.51. The molecule has 0 radical (unpaired) electrons. The molecule has 1 rings (SSSR count). The van der Waals surface area contributed by atoms with Gasteiger partial charge in [0.25, 0.3) is 5.24 Å². The largest absolute Gasteiger partial charge is 0.339 e. The molecule has 0 spiro atoms. The van der Waals surface area contributed by atoms with E-state index in [0.717, 1.165) is 11.8 Å². The number of amides is 1. The lowest BCUT2D eigenvalue weighted by Crippen LogP contribution is -2.15. The van der Waals surface area contributed by atoms with Gasteiger partial charge >= 0.3 is 0 Å². The summed E-state index contributed by atoms with van der Waals surface area (Å²) >= 11 is 6.85. The fourth-order valence-corrected chi connectivity index (χ4v) is 1.93. The summed E-state index contributed by atoms with van der Waals surface area (Å²) in [5, 5.41) is 9.08. The van der Waals surface area contributed by atoms with Crippen molar-refractivity contribution in [2.45, 2.75) is 4.90 Å². The van der Waals surface area contributed by atoms with Crippen LogP contribution < -0.4 is 0 Å². The first-order valence-electron chi connectivity index (χ1n) is 4.13. The molecule has 0 bridgehead atoms. The van der Waals surface area contributed by atoms with E-state index in [0.29, 0.717) is 15.5 Å². The first kappa shape index (κ1) is 11.9. The molecule has 0 aliphatic heterocycles. The predicted molar refractivity (Wildman–Crippen MR) is 61.1 cm³/mol. The van der Waals surface area contributed by atoms with E-state index in [1.54, 1.807) is 32.3 Å². The van der Waals surface area contributed by atoms with E-state index in [-0.39, 0.29) is 5.24 Å². The van der Waals surface area contributed by atoms with E-state index in [9.17, 15) is 4.79 Å². The highest BCUT2D eigenvalue weighted by Gasteiger charge is 2.08. The monoisotopic (exact) mass is 240 g/mol. The Morgan fingerprint density at radius 3 is 2.67 bits per heavy atom. The lowest BCUT2D eigenvalue weighted by Gasteiger charge is -2.09. The number of carbonyl (C=O) groups excluding carboxylic acids is 1. The van der Waals surface area contributed by atoms with Gasteiger partial charge in [0.1, 0.15) is 0 Å². The molecule has 15 heavy (non-hydrogen) atoms. The van der Waals surface area contributed by atoms with Crippen molar-refractivity contribution < 1.29 is 4.79 Å². The number of hydrogen-bond donors (Lipinski definition) is 0. The molecular weight excluding hydrogens is 232 g/mol. The Kier molecular flexibility index (Phi) is 4.01. The molecule has 3 nitrogen and oxygen atoms in total. The highest BCUT2D eigenvalue weighted by molar-refractivity contribution is 8.13. The fourth-order valence-electron chi connectivity index (χ4n) is 0.878. The second-order valence-electron chi connectivity index (χ2n) is 3.05. The maximum atomic E-state index is 11.4. The smallest absolute Gasteiger partial charge is 0.285 e. The first-order valence-corrected chi connectivity index (χ1v) is 5.32. The minimum absolute atomic E-state index is 0.0962. The number of hydrogen-bond acceptors (Lipinski definition) is 3. The van der Waals surface area contributed by atoms with E-state index in [1.165, 1.54) is 4.90 Å². The summed E-state index contributed by atoms with van der Waals surface area (Å²) in [4.78, 5) is 13.5. The standard InChI is InChI=1S/C10H9ClN2OS/c1-13(2)10(14)15-9-4-7(6-12)3-8(11)5-9/h3-5H,1-2H3. The predicted octanol–water partition coefficient (Wildman–Crippen LogP) is 2.99. The maximum absolute atomic E-state index is 11.4. The molecule has 0 aliphatic carbocycles. The molecule has 0 unspecified atom stereocenters. The van der Waals surface area contributed by atoms with Crippen molar-refractivity contribution in [2.24, 2.45) is 0 Å². The Balaban J connectivity index is 2.92. The molecule has 0 heterocycles. The number of halogens is 1. The molecule has 0 N–H and O–H groups in total. The average molecular weight is 241 g/mol. The van der Waals surface area contributed by atoms with Crippen molar-refractivity contribution >= 4 is 28.6 Å². The molecular formula is C10H9ClN2OS. The molecule has 1 aromatic carbocycles. The summed E-state index contributed by atoms with van der Waals surface area (Å²) < 4.78 is 0. The molecule has 0 saturated carbocycles. The fraction of sp³-hybridized carbons (Fsp3) is 0.200. The van der Waals surface area contributed by atoms with E-state index in [2.05, 4.69) is 0 Å². The Bertz CT molecular complexity index is 426. The molecule has 1 amide bonds. The van der Waals surface area contributed by atoms with Gasteiger partial charge in [-0.15, -0.1) is 0 Å². The molecule has 5 heteroatoms. The van der Waals surface area contributed by atoms with Crippen LogP contribution in [0.4, 0.5) is 4.79 Å². The van der Waals surface area contributed by atoms with Crippen molar-refractivity contribution in [3.8, 4) is 6.07 Å². The van der Waals surface area contributed by atoms with Crippen molar-refractivity contribution in [3.63, 3.8) is 0 Å². The lowest BCUT2D eigenvalue weighted by atomic mass is 10.2. The normalized spacial score (nSPS) is 9.47. The van der Waals surface area contributed by atoms with Crippen LogP contribution in [0.5, 0.6) is 0 Å². The first-order chi connectivity index (χ1) is 7.02. The SMILES string of the molecule is CN(C)C(=O)Sc1cc(Cl)cc(C#N)c1. The van der Waals surface area contributed by atoms with Gasteiger partial charge in [0, 0.05) is 24.0 Å². The topological polar surface area (TPSA) is 44.1 Å². The van der Waals surface area contributed by atoms with Crippen molar-refractivity contribution in [1.29, 1.82) is 5.26 Å². The lowest BCUT2D eigenvalue weighted by molar-refractivity contribution is 0.241. The van der Waals surface area contributed by atoms with Crippen LogP contribution in [-0.2, 0) is 0 Å². The highest BCUT2D eigenvalue weighted by Crippen LogP contribution is 2.25. The number of nitrogens with zero attached hydrogens (tertiary/aromatic N) is 2. The van der Waals surface area contributed by atoms with Crippen LogP contribution in [0.25, 0.3) is 0 Å². The highest BCUT2D eigenvalue weighted by atomic mass is 35.5. The summed E-state index contributed by atoms with van der Waals surface area (Å²) in [6, 6.07) is 6.85. The van der Waals surface area contributed by atoms with Gasteiger partial charge in [-0.1, -0.05) is 11.6 Å². The third kappa shape index (κ3) is 3.46. The van der Waals surface area contributed by atoms with Gasteiger partial charge in [0.15, 0.2) is 0 Å². The molecule has 0 aliphatic rings. The number of benzene rings is 1. The minimum Gasteiger partial charge on any atom is -0.339 e. The zero-order valence-corrected chi connectivity index (χ0v) is 9.89. The van der Waals surface area contributed by atoms with Gasteiger partial charge < -0.3 is 4.90 Å². The Morgan fingerprint density at radius 2 is 2.13 bits per heavy atom. The van der Waals surface area contributed by atoms with E-state index < -0.39 is 0 Å². The van der Waals surface area contributed by atoms with E-state index >= 15 is 0 Å². The van der Waals surface area contributed by atoms with Crippen LogP contribution in [0.2, 0.25) is 5.02 Å². The third-order valence-corrected chi connectivity index (χ3v) is 2.80. The average Bonchev–Trinajstić information content (AvgIpc) is 2.16. The Morgan fingerprint density at radius 1 is 1.47 bits per heavy atom. The van der Waals surface area contributed by atoms with Gasteiger partial charge in [-0.3, -0.25) is 4.79 Å². The zero-order valence-electron chi connectivity index (χ0n) is 8.32. The van der Waals surface area contributed by atoms with Crippen LogP contribution in [0.3, 0.4) is 0 Å². The van der Waals surface area contributed by atoms with Crippen LogP contribution in [0, 0.1) is 11.3 Å². The number of nitriles is 1.